The Balaban J connectivity index is 1.78. The van der Waals surface area contributed by atoms with Gasteiger partial charge in [0.05, 0.1) is 5.69 Å². The van der Waals surface area contributed by atoms with Gasteiger partial charge < -0.3 is 14.8 Å². The fourth-order valence-electron chi connectivity index (χ4n) is 3.24. The van der Waals surface area contributed by atoms with E-state index in [1.54, 1.807) is 29.1 Å². The number of benzene rings is 1. The first-order valence-electron chi connectivity index (χ1n) is 10.3. The maximum absolute atomic E-state index is 14.4. The van der Waals surface area contributed by atoms with E-state index in [1.165, 1.54) is 6.07 Å². The number of hydrogen-bond acceptors (Lipinski definition) is 3. The zero-order chi connectivity index (χ0) is 21.2. The van der Waals surface area contributed by atoms with E-state index in [4.69, 9.17) is 0 Å². The van der Waals surface area contributed by atoms with E-state index in [-0.39, 0.29) is 30.6 Å². The standard InChI is InChI=1S/C22H31FN4O2/c1-4-12-26(13-5-2)22(29)8-6-7-21(28)25-16-18-9-10-20(19(23)15-18)27-14-11-24-17(27)3/h9-11,14-15H,4-8,12-13,16H2,1-3H3,(H,25,28). The SMILES string of the molecule is CCCN(CCC)C(=O)CCCC(=O)NCc1ccc(-n2ccnc2C)c(F)c1. The molecule has 0 fully saturated rings. The predicted molar refractivity (Wildman–Crippen MR) is 111 cm³/mol. The first-order valence-corrected chi connectivity index (χ1v) is 10.3. The van der Waals surface area contributed by atoms with Crippen molar-refractivity contribution in [2.75, 3.05) is 13.1 Å². The molecule has 29 heavy (non-hydrogen) atoms. The first-order chi connectivity index (χ1) is 14.0. The number of aromatic nitrogens is 2. The van der Waals surface area contributed by atoms with Gasteiger partial charge in [-0.25, -0.2) is 9.37 Å². The molecule has 1 N–H and O–H groups in total. The number of amides is 2. The second kappa shape index (κ2) is 11.3. The molecule has 0 atom stereocenters. The highest BCUT2D eigenvalue weighted by molar-refractivity contribution is 5.79. The van der Waals surface area contributed by atoms with Gasteiger partial charge in [-0.1, -0.05) is 19.9 Å². The van der Waals surface area contributed by atoms with Gasteiger partial charge >= 0.3 is 0 Å². The molecule has 0 unspecified atom stereocenters. The normalized spacial score (nSPS) is 10.8. The Labute approximate surface area is 172 Å². The molecule has 0 saturated heterocycles. The number of carbonyl (C=O) groups is 2. The molecule has 0 aliphatic rings. The first kappa shape index (κ1) is 22.6. The molecule has 1 aromatic heterocycles. The van der Waals surface area contributed by atoms with E-state index in [0.29, 0.717) is 29.9 Å². The third-order valence-electron chi connectivity index (χ3n) is 4.72. The van der Waals surface area contributed by atoms with Crippen LogP contribution in [-0.4, -0.2) is 39.4 Å². The molecule has 1 aromatic carbocycles. The van der Waals surface area contributed by atoms with Crippen molar-refractivity contribution in [3.8, 4) is 5.69 Å². The van der Waals surface area contributed by atoms with Gasteiger partial charge in [-0.05, 0) is 43.9 Å². The Morgan fingerprint density at radius 2 is 1.90 bits per heavy atom. The molecule has 2 aromatic rings. The van der Waals surface area contributed by atoms with Crippen LogP contribution in [0.25, 0.3) is 5.69 Å². The van der Waals surface area contributed by atoms with Crippen LogP contribution in [0, 0.1) is 12.7 Å². The number of carbonyl (C=O) groups excluding carboxylic acids is 2. The van der Waals surface area contributed by atoms with Crippen molar-refractivity contribution < 1.29 is 14.0 Å². The monoisotopic (exact) mass is 402 g/mol. The molecule has 0 spiro atoms. The summed E-state index contributed by atoms with van der Waals surface area (Å²) in [5, 5.41) is 2.80. The second-order valence-electron chi connectivity index (χ2n) is 7.14. The molecule has 0 saturated carbocycles. The number of imidazole rings is 1. The lowest BCUT2D eigenvalue weighted by Crippen LogP contribution is -2.32. The third-order valence-corrected chi connectivity index (χ3v) is 4.72. The molecule has 0 aliphatic carbocycles. The minimum Gasteiger partial charge on any atom is -0.352 e. The van der Waals surface area contributed by atoms with Crippen LogP contribution in [0.5, 0.6) is 0 Å². The zero-order valence-corrected chi connectivity index (χ0v) is 17.6. The van der Waals surface area contributed by atoms with E-state index in [2.05, 4.69) is 24.1 Å². The number of rotatable bonds is 11. The molecular formula is C22H31FN4O2. The van der Waals surface area contributed by atoms with Crippen LogP contribution in [0.15, 0.2) is 30.6 Å². The van der Waals surface area contributed by atoms with Gasteiger partial charge in [0.15, 0.2) is 0 Å². The second-order valence-corrected chi connectivity index (χ2v) is 7.14. The highest BCUT2D eigenvalue weighted by Gasteiger charge is 2.13. The van der Waals surface area contributed by atoms with Crippen LogP contribution in [0.1, 0.15) is 57.3 Å². The molecule has 2 amide bonds. The maximum atomic E-state index is 14.4. The topological polar surface area (TPSA) is 67.2 Å². The largest absolute Gasteiger partial charge is 0.352 e. The van der Waals surface area contributed by atoms with Crippen LogP contribution in [-0.2, 0) is 16.1 Å². The molecular weight excluding hydrogens is 371 g/mol. The molecule has 1 heterocycles. The van der Waals surface area contributed by atoms with E-state index in [1.807, 2.05) is 11.8 Å². The average Bonchev–Trinajstić information content (AvgIpc) is 3.12. The van der Waals surface area contributed by atoms with Crippen LogP contribution in [0.4, 0.5) is 4.39 Å². The number of nitrogens with one attached hydrogen (secondary N) is 1. The van der Waals surface area contributed by atoms with Crippen molar-refractivity contribution in [3.05, 3.63) is 47.8 Å². The van der Waals surface area contributed by atoms with E-state index in [0.717, 1.165) is 25.9 Å². The Morgan fingerprint density at radius 3 is 2.48 bits per heavy atom. The molecule has 0 radical (unpaired) electrons. The van der Waals surface area contributed by atoms with Gasteiger partial charge in [-0.3, -0.25) is 9.59 Å². The van der Waals surface area contributed by atoms with Crippen molar-refractivity contribution >= 4 is 11.8 Å². The van der Waals surface area contributed by atoms with E-state index >= 15 is 0 Å². The smallest absolute Gasteiger partial charge is 0.222 e. The van der Waals surface area contributed by atoms with Gasteiger partial charge in [0.2, 0.25) is 11.8 Å². The van der Waals surface area contributed by atoms with E-state index in [9.17, 15) is 14.0 Å². The predicted octanol–water partition coefficient (Wildman–Crippen LogP) is 3.75. The fraction of sp³-hybridized carbons (Fsp3) is 0.500. The highest BCUT2D eigenvalue weighted by atomic mass is 19.1. The number of hydrogen-bond donors (Lipinski definition) is 1. The number of aryl methyl sites for hydroxylation is 1. The van der Waals surface area contributed by atoms with Crippen molar-refractivity contribution in [1.29, 1.82) is 0 Å². The fourth-order valence-corrected chi connectivity index (χ4v) is 3.24. The molecule has 6 nitrogen and oxygen atoms in total. The number of nitrogens with zero attached hydrogens (tertiary/aromatic N) is 3. The van der Waals surface area contributed by atoms with Crippen LogP contribution >= 0.6 is 0 Å². The minimum atomic E-state index is -0.365. The maximum Gasteiger partial charge on any atom is 0.222 e. The summed E-state index contributed by atoms with van der Waals surface area (Å²) >= 11 is 0. The van der Waals surface area contributed by atoms with Crippen LogP contribution in [0.2, 0.25) is 0 Å². The highest BCUT2D eigenvalue weighted by Crippen LogP contribution is 2.16. The Hall–Kier alpha value is -2.70. The summed E-state index contributed by atoms with van der Waals surface area (Å²) in [4.78, 5) is 30.2. The van der Waals surface area contributed by atoms with Crippen LogP contribution < -0.4 is 5.32 Å². The summed E-state index contributed by atoms with van der Waals surface area (Å²) in [6.07, 6.45) is 6.37. The van der Waals surface area contributed by atoms with Crippen LogP contribution in [0.3, 0.4) is 0 Å². The molecule has 0 bridgehead atoms. The lowest BCUT2D eigenvalue weighted by atomic mass is 10.1. The third kappa shape index (κ3) is 6.69. The van der Waals surface area contributed by atoms with Gasteiger partial charge in [-0.15, -0.1) is 0 Å². The van der Waals surface area contributed by atoms with Gasteiger partial charge in [0.25, 0.3) is 0 Å². The van der Waals surface area contributed by atoms with Gasteiger partial charge in [-0.2, -0.15) is 0 Å². The van der Waals surface area contributed by atoms with Crippen molar-refractivity contribution in [1.82, 2.24) is 19.8 Å². The summed E-state index contributed by atoms with van der Waals surface area (Å²) < 4.78 is 16.1. The summed E-state index contributed by atoms with van der Waals surface area (Å²) in [5.41, 5.74) is 1.11. The minimum absolute atomic E-state index is 0.106. The summed E-state index contributed by atoms with van der Waals surface area (Å²) in [6.45, 7) is 7.69. The summed E-state index contributed by atoms with van der Waals surface area (Å²) in [7, 11) is 0. The Morgan fingerprint density at radius 1 is 1.17 bits per heavy atom. The summed E-state index contributed by atoms with van der Waals surface area (Å²) in [5.74, 6) is 0.311. The molecule has 7 heteroatoms. The quantitative estimate of drug-likeness (QED) is 0.622. The lowest BCUT2D eigenvalue weighted by Gasteiger charge is -2.21. The van der Waals surface area contributed by atoms with Crippen molar-refractivity contribution in [2.45, 2.75) is 59.4 Å². The van der Waals surface area contributed by atoms with Gasteiger partial charge in [0.1, 0.15) is 11.6 Å². The van der Waals surface area contributed by atoms with Crippen molar-refractivity contribution in [2.24, 2.45) is 0 Å². The summed E-state index contributed by atoms with van der Waals surface area (Å²) in [6, 6.07) is 4.89. The zero-order valence-electron chi connectivity index (χ0n) is 17.6. The molecule has 158 valence electrons. The Bertz CT molecular complexity index is 813. The van der Waals surface area contributed by atoms with Gasteiger partial charge in [0, 0.05) is 44.9 Å². The van der Waals surface area contributed by atoms with Crippen molar-refractivity contribution in [3.63, 3.8) is 0 Å². The average molecular weight is 403 g/mol. The molecule has 2 rings (SSSR count). The van der Waals surface area contributed by atoms with E-state index < -0.39 is 0 Å². The Kier molecular flexibility index (Phi) is 8.83. The molecule has 0 aliphatic heterocycles. The lowest BCUT2D eigenvalue weighted by molar-refractivity contribution is -0.131. The number of halogens is 1.